The van der Waals surface area contributed by atoms with E-state index in [1.165, 1.54) is 24.8 Å². The molecule has 1 heterocycles. The predicted molar refractivity (Wildman–Crippen MR) is 78.9 cm³/mol. The summed E-state index contributed by atoms with van der Waals surface area (Å²) in [5.41, 5.74) is 3.62. The van der Waals surface area contributed by atoms with E-state index in [1.807, 2.05) is 19.1 Å². The van der Waals surface area contributed by atoms with Crippen molar-refractivity contribution in [3.8, 4) is 0 Å². The minimum atomic E-state index is -0.112. The molecule has 20 heavy (non-hydrogen) atoms. The molecule has 4 nitrogen and oxygen atoms in total. The Balaban J connectivity index is 1.77. The molecule has 1 aliphatic rings. The summed E-state index contributed by atoms with van der Waals surface area (Å²) in [6.07, 6.45) is 3.84. The van der Waals surface area contributed by atoms with Crippen molar-refractivity contribution in [2.24, 2.45) is 7.05 Å². The van der Waals surface area contributed by atoms with Crippen molar-refractivity contribution in [3.05, 3.63) is 47.3 Å². The summed E-state index contributed by atoms with van der Waals surface area (Å²) in [4.78, 5) is 12.2. The van der Waals surface area contributed by atoms with Crippen LogP contribution in [0, 0.1) is 6.92 Å². The highest BCUT2D eigenvalue weighted by Crippen LogP contribution is 2.37. The molecule has 1 aromatic carbocycles. The highest BCUT2D eigenvalue weighted by atomic mass is 16.2. The van der Waals surface area contributed by atoms with Crippen molar-refractivity contribution in [1.29, 1.82) is 0 Å². The van der Waals surface area contributed by atoms with Crippen LogP contribution in [0.4, 0.5) is 5.69 Å². The molecule has 1 aliphatic carbocycles. The molecular weight excluding hydrogens is 250 g/mol. The van der Waals surface area contributed by atoms with Crippen LogP contribution in [0.15, 0.2) is 30.3 Å². The molecule has 0 radical (unpaired) electrons. The zero-order chi connectivity index (χ0) is 14.1. The highest BCUT2D eigenvalue weighted by molar-refractivity contribution is 6.03. The molecule has 0 unspecified atom stereocenters. The molecule has 2 aromatic rings. The van der Waals surface area contributed by atoms with Gasteiger partial charge in [-0.1, -0.05) is 18.6 Å². The van der Waals surface area contributed by atoms with Crippen LogP contribution in [0.25, 0.3) is 0 Å². The van der Waals surface area contributed by atoms with Gasteiger partial charge in [-0.3, -0.25) is 9.48 Å². The number of benzene rings is 1. The van der Waals surface area contributed by atoms with E-state index in [1.54, 1.807) is 17.8 Å². The number of aromatic nitrogens is 2. The number of nitrogens with one attached hydrogen (secondary N) is 1. The monoisotopic (exact) mass is 269 g/mol. The maximum absolute atomic E-state index is 12.2. The minimum Gasteiger partial charge on any atom is -0.321 e. The summed E-state index contributed by atoms with van der Waals surface area (Å²) in [5, 5.41) is 7.15. The Labute approximate surface area is 118 Å². The van der Waals surface area contributed by atoms with Crippen LogP contribution in [0.5, 0.6) is 0 Å². The van der Waals surface area contributed by atoms with Crippen LogP contribution in [0.2, 0.25) is 0 Å². The first-order chi connectivity index (χ1) is 9.63. The van der Waals surface area contributed by atoms with E-state index in [0.29, 0.717) is 11.6 Å². The fraction of sp³-hybridized carbons (Fsp3) is 0.375. The SMILES string of the molecule is Cc1cc(C(=O)Nc2cccc(C3CCC3)c2)n(C)n1. The van der Waals surface area contributed by atoms with Gasteiger partial charge in [0.15, 0.2) is 0 Å². The third-order valence-corrected chi connectivity index (χ3v) is 3.96. The zero-order valence-corrected chi connectivity index (χ0v) is 11.9. The van der Waals surface area contributed by atoms with Crippen LogP contribution in [-0.2, 0) is 7.05 Å². The van der Waals surface area contributed by atoms with Gasteiger partial charge in [0.2, 0.25) is 0 Å². The summed E-state index contributed by atoms with van der Waals surface area (Å²) in [7, 11) is 1.78. The molecular formula is C16H19N3O. The first kappa shape index (κ1) is 12.9. The average molecular weight is 269 g/mol. The van der Waals surface area contributed by atoms with Gasteiger partial charge >= 0.3 is 0 Å². The normalized spacial score (nSPS) is 14.9. The summed E-state index contributed by atoms with van der Waals surface area (Å²) in [5.74, 6) is 0.560. The molecule has 1 N–H and O–H groups in total. The van der Waals surface area contributed by atoms with Crippen LogP contribution in [0.1, 0.15) is 46.9 Å². The second-order valence-corrected chi connectivity index (χ2v) is 5.50. The number of hydrogen-bond acceptors (Lipinski definition) is 2. The molecule has 1 fully saturated rings. The van der Waals surface area contributed by atoms with Gasteiger partial charge in [0.25, 0.3) is 5.91 Å². The lowest BCUT2D eigenvalue weighted by atomic mass is 9.80. The Morgan fingerprint density at radius 3 is 2.75 bits per heavy atom. The fourth-order valence-electron chi connectivity index (χ4n) is 2.63. The predicted octanol–water partition coefficient (Wildman–Crippen LogP) is 3.25. The van der Waals surface area contributed by atoms with Crippen molar-refractivity contribution < 1.29 is 4.79 Å². The lowest BCUT2D eigenvalue weighted by molar-refractivity contribution is 0.101. The van der Waals surface area contributed by atoms with Crippen molar-refractivity contribution in [1.82, 2.24) is 9.78 Å². The summed E-state index contributed by atoms with van der Waals surface area (Å²) in [6, 6.07) is 9.98. The van der Waals surface area contributed by atoms with Gasteiger partial charge in [0.05, 0.1) is 5.69 Å². The van der Waals surface area contributed by atoms with E-state index in [9.17, 15) is 4.79 Å². The number of nitrogens with zero attached hydrogens (tertiary/aromatic N) is 2. The molecule has 1 amide bonds. The van der Waals surface area contributed by atoms with E-state index in [2.05, 4.69) is 22.5 Å². The number of carbonyl (C=O) groups excluding carboxylic acids is 1. The van der Waals surface area contributed by atoms with Gasteiger partial charge in [-0.2, -0.15) is 5.10 Å². The van der Waals surface area contributed by atoms with Gasteiger partial charge in [-0.05, 0) is 49.4 Å². The van der Waals surface area contributed by atoms with E-state index in [-0.39, 0.29) is 5.91 Å². The molecule has 0 aliphatic heterocycles. The average Bonchev–Trinajstić information content (AvgIpc) is 2.67. The molecule has 4 heteroatoms. The molecule has 0 spiro atoms. The Morgan fingerprint density at radius 1 is 1.35 bits per heavy atom. The van der Waals surface area contributed by atoms with E-state index in [0.717, 1.165) is 11.4 Å². The van der Waals surface area contributed by atoms with Crippen LogP contribution < -0.4 is 5.32 Å². The molecule has 1 saturated carbocycles. The van der Waals surface area contributed by atoms with Gasteiger partial charge in [-0.15, -0.1) is 0 Å². The largest absolute Gasteiger partial charge is 0.321 e. The Hall–Kier alpha value is -2.10. The van der Waals surface area contributed by atoms with Crippen molar-refractivity contribution in [2.45, 2.75) is 32.1 Å². The van der Waals surface area contributed by atoms with E-state index >= 15 is 0 Å². The fourth-order valence-corrected chi connectivity index (χ4v) is 2.63. The zero-order valence-electron chi connectivity index (χ0n) is 11.9. The van der Waals surface area contributed by atoms with Crippen LogP contribution in [0.3, 0.4) is 0 Å². The lowest BCUT2D eigenvalue weighted by Gasteiger charge is -2.26. The molecule has 0 bridgehead atoms. The summed E-state index contributed by atoms with van der Waals surface area (Å²) >= 11 is 0. The molecule has 3 rings (SSSR count). The van der Waals surface area contributed by atoms with Gasteiger partial charge in [-0.25, -0.2) is 0 Å². The smallest absolute Gasteiger partial charge is 0.273 e. The van der Waals surface area contributed by atoms with E-state index in [4.69, 9.17) is 0 Å². The Kier molecular flexibility index (Phi) is 3.30. The lowest BCUT2D eigenvalue weighted by Crippen LogP contribution is -2.16. The number of hydrogen-bond donors (Lipinski definition) is 1. The number of aryl methyl sites for hydroxylation is 2. The Morgan fingerprint density at radius 2 is 2.15 bits per heavy atom. The topological polar surface area (TPSA) is 46.9 Å². The highest BCUT2D eigenvalue weighted by Gasteiger charge is 2.20. The number of rotatable bonds is 3. The Bertz CT molecular complexity index is 641. The maximum atomic E-state index is 12.2. The summed E-state index contributed by atoms with van der Waals surface area (Å²) < 4.78 is 1.61. The third kappa shape index (κ3) is 2.46. The molecule has 1 aromatic heterocycles. The van der Waals surface area contributed by atoms with Crippen molar-refractivity contribution in [3.63, 3.8) is 0 Å². The first-order valence-corrected chi connectivity index (χ1v) is 7.05. The van der Waals surface area contributed by atoms with Crippen LogP contribution >= 0.6 is 0 Å². The number of amides is 1. The maximum Gasteiger partial charge on any atom is 0.273 e. The van der Waals surface area contributed by atoms with Crippen molar-refractivity contribution in [2.75, 3.05) is 5.32 Å². The quantitative estimate of drug-likeness (QED) is 0.929. The van der Waals surface area contributed by atoms with E-state index < -0.39 is 0 Å². The minimum absolute atomic E-state index is 0.112. The van der Waals surface area contributed by atoms with Gasteiger partial charge in [0, 0.05) is 12.7 Å². The standard InChI is InChI=1S/C16H19N3O/c1-11-9-15(19(2)18-11)16(20)17-14-8-4-7-13(10-14)12-5-3-6-12/h4,7-10,12H,3,5-6H2,1-2H3,(H,17,20). The van der Waals surface area contributed by atoms with Crippen molar-refractivity contribution >= 4 is 11.6 Å². The second-order valence-electron chi connectivity index (χ2n) is 5.50. The van der Waals surface area contributed by atoms with Gasteiger partial charge < -0.3 is 5.32 Å². The second kappa shape index (κ2) is 5.12. The van der Waals surface area contributed by atoms with Crippen LogP contribution in [-0.4, -0.2) is 15.7 Å². The number of anilines is 1. The molecule has 0 saturated heterocycles. The molecule has 104 valence electrons. The molecule has 0 atom stereocenters. The first-order valence-electron chi connectivity index (χ1n) is 7.05. The van der Waals surface area contributed by atoms with Gasteiger partial charge in [0.1, 0.15) is 5.69 Å². The summed E-state index contributed by atoms with van der Waals surface area (Å²) in [6.45, 7) is 1.88. The third-order valence-electron chi connectivity index (χ3n) is 3.96. The number of carbonyl (C=O) groups is 1.